The van der Waals surface area contributed by atoms with Crippen molar-refractivity contribution in [3.8, 4) is 0 Å². The Morgan fingerprint density at radius 1 is 1.29 bits per heavy atom. The molecule has 0 bridgehead atoms. The zero-order chi connectivity index (χ0) is 16.9. The van der Waals surface area contributed by atoms with E-state index in [0.717, 1.165) is 12.1 Å². The average molecular weight is 470 g/mol. The number of non-ortho nitro benzene ring substituents is 1. The van der Waals surface area contributed by atoms with Crippen LogP contribution in [0.4, 0.5) is 5.69 Å². The fraction of sp³-hybridized carbons (Fsp3) is 0.462. The summed E-state index contributed by atoms with van der Waals surface area (Å²) in [5, 5.41) is 10.6. The summed E-state index contributed by atoms with van der Waals surface area (Å²) < 4.78 is 29.5. The van der Waals surface area contributed by atoms with E-state index >= 15 is 0 Å². The van der Waals surface area contributed by atoms with E-state index in [1.54, 1.807) is 0 Å². The third kappa shape index (κ3) is 5.56. The molecule has 11 heteroatoms. The van der Waals surface area contributed by atoms with Gasteiger partial charge in [0.05, 0.1) is 35.3 Å². The highest BCUT2D eigenvalue weighted by Crippen LogP contribution is 2.16. The van der Waals surface area contributed by atoms with Crippen molar-refractivity contribution in [2.45, 2.75) is 4.90 Å². The number of aliphatic imine (C=N–C) groups is 1. The van der Waals surface area contributed by atoms with Crippen molar-refractivity contribution >= 4 is 45.5 Å². The number of sulfone groups is 1. The molecule has 1 aliphatic heterocycles. The number of halogens is 1. The van der Waals surface area contributed by atoms with Crippen LogP contribution < -0.4 is 5.73 Å². The van der Waals surface area contributed by atoms with E-state index in [-0.39, 0.29) is 46.9 Å². The Morgan fingerprint density at radius 2 is 1.88 bits per heavy atom. The van der Waals surface area contributed by atoms with Gasteiger partial charge in [0.1, 0.15) is 0 Å². The molecule has 9 nitrogen and oxygen atoms in total. The van der Waals surface area contributed by atoms with Gasteiger partial charge in [-0.3, -0.25) is 15.1 Å². The van der Waals surface area contributed by atoms with Crippen LogP contribution in [0.25, 0.3) is 0 Å². The molecule has 0 amide bonds. The highest BCUT2D eigenvalue weighted by Gasteiger charge is 2.17. The summed E-state index contributed by atoms with van der Waals surface area (Å²) in [4.78, 5) is 15.9. The van der Waals surface area contributed by atoms with Gasteiger partial charge in [0.15, 0.2) is 15.8 Å². The van der Waals surface area contributed by atoms with Crippen LogP contribution in [0, 0.1) is 10.1 Å². The Labute approximate surface area is 157 Å². The molecule has 0 radical (unpaired) electrons. The molecule has 2 rings (SSSR count). The highest BCUT2D eigenvalue weighted by molar-refractivity contribution is 14.0. The SMILES string of the molecule is I.NC(=NCCS(=O)(=O)c1ccc([N+](=O)[O-])cc1)N1CCOCC1. The zero-order valence-electron chi connectivity index (χ0n) is 12.8. The Bertz CT molecular complexity index is 687. The van der Waals surface area contributed by atoms with E-state index < -0.39 is 14.8 Å². The summed E-state index contributed by atoms with van der Waals surface area (Å²) in [6.07, 6.45) is 0. The Kier molecular flexibility index (Phi) is 7.83. The number of ether oxygens (including phenoxy) is 1. The van der Waals surface area contributed by atoms with Crippen LogP contribution >= 0.6 is 24.0 Å². The molecule has 1 heterocycles. The van der Waals surface area contributed by atoms with Gasteiger partial charge in [-0.15, -0.1) is 24.0 Å². The van der Waals surface area contributed by atoms with Crippen LogP contribution in [0.5, 0.6) is 0 Å². The van der Waals surface area contributed by atoms with Gasteiger partial charge in [-0.2, -0.15) is 0 Å². The number of hydrogen-bond donors (Lipinski definition) is 1. The first-order chi connectivity index (χ1) is 10.9. The molecule has 0 unspecified atom stereocenters. The lowest BCUT2D eigenvalue weighted by molar-refractivity contribution is -0.384. The molecule has 134 valence electrons. The molecule has 2 N–H and O–H groups in total. The van der Waals surface area contributed by atoms with Gasteiger partial charge in [-0.05, 0) is 12.1 Å². The van der Waals surface area contributed by atoms with E-state index in [0.29, 0.717) is 32.3 Å². The third-order valence-electron chi connectivity index (χ3n) is 3.38. The number of rotatable bonds is 5. The molecule has 1 fully saturated rings. The van der Waals surface area contributed by atoms with Crippen LogP contribution in [0.2, 0.25) is 0 Å². The van der Waals surface area contributed by atoms with E-state index in [4.69, 9.17) is 10.5 Å². The van der Waals surface area contributed by atoms with Crippen molar-refractivity contribution in [3.63, 3.8) is 0 Å². The summed E-state index contributed by atoms with van der Waals surface area (Å²) >= 11 is 0. The maximum Gasteiger partial charge on any atom is 0.269 e. The van der Waals surface area contributed by atoms with E-state index in [1.165, 1.54) is 12.1 Å². The summed E-state index contributed by atoms with van der Waals surface area (Å²) in [7, 11) is -3.56. The zero-order valence-corrected chi connectivity index (χ0v) is 16.0. The topological polar surface area (TPSA) is 128 Å². The largest absolute Gasteiger partial charge is 0.378 e. The number of benzene rings is 1. The first-order valence-corrected chi connectivity index (χ1v) is 8.65. The molecule has 0 spiro atoms. The van der Waals surface area contributed by atoms with Crippen molar-refractivity contribution in [3.05, 3.63) is 34.4 Å². The molecule has 0 aromatic heterocycles. The lowest BCUT2D eigenvalue weighted by Gasteiger charge is -2.27. The van der Waals surface area contributed by atoms with Gasteiger partial charge in [-0.25, -0.2) is 8.42 Å². The number of nitrogens with zero attached hydrogens (tertiary/aromatic N) is 3. The molecule has 1 aromatic rings. The monoisotopic (exact) mass is 470 g/mol. The fourth-order valence-electron chi connectivity index (χ4n) is 2.07. The Morgan fingerprint density at radius 3 is 2.42 bits per heavy atom. The van der Waals surface area contributed by atoms with Crippen molar-refractivity contribution in [2.24, 2.45) is 10.7 Å². The van der Waals surface area contributed by atoms with Crippen LogP contribution in [0.3, 0.4) is 0 Å². The van der Waals surface area contributed by atoms with Crippen molar-refractivity contribution in [2.75, 3.05) is 38.6 Å². The van der Waals surface area contributed by atoms with Crippen LogP contribution in [0.15, 0.2) is 34.2 Å². The number of nitro benzene ring substituents is 1. The molecular weight excluding hydrogens is 451 g/mol. The lowest BCUT2D eigenvalue weighted by atomic mass is 10.3. The van der Waals surface area contributed by atoms with E-state index in [2.05, 4.69) is 4.99 Å². The fourth-order valence-corrected chi connectivity index (χ4v) is 3.18. The number of hydrogen-bond acceptors (Lipinski definition) is 6. The van der Waals surface area contributed by atoms with E-state index in [1.807, 2.05) is 4.90 Å². The van der Waals surface area contributed by atoms with Gasteiger partial charge < -0.3 is 15.4 Å². The highest BCUT2D eigenvalue weighted by atomic mass is 127. The maximum atomic E-state index is 12.2. The predicted molar refractivity (Wildman–Crippen MR) is 99.4 cm³/mol. The number of nitro groups is 1. The first-order valence-electron chi connectivity index (χ1n) is 7.00. The second-order valence-electron chi connectivity index (χ2n) is 4.91. The van der Waals surface area contributed by atoms with Gasteiger partial charge in [-0.1, -0.05) is 0 Å². The Hall–Kier alpha value is -1.47. The van der Waals surface area contributed by atoms with Crippen molar-refractivity contribution in [1.29, 1.82) is 0 Å². The van der Waals surface area contributed by atoms with Gasteiger partial charge >= 0.3 is 0 Å². The molecule has 0 aliphatic carbocycles. The minimum atomic E-state index is -3.56. The minimum absolute atomic E-state index is 0. The number of morpholine rings is 1. The number of guanidine groups is 1. The smallest absolute Gasteiger partial charge is 0.269 e. The molecule has 1 aliphatic rings. The molecule has 1 aromatic carbocycles. The van der Waals surface area contributed by atoms with Crippen LogP contribution in [-0.2, 0) is 14.6 Å². The standard InChI is InChI=1S/C13H18N4O5S.HI/c14-13(16-6-8-22-9-7-16)15-5-10-23(20,21)12-3-1-11(2-4-12)17(18)19;/h1-4H,5-10H2,(H2,14,15);1H. The predicted octanol–water partition coefficient (Wildman–Crippen LogP) is 0.633. The van der Waals surface area contributed by atoms with Crippen LogP contribution in [0.1, 0.15) is 0 Å². The maximum absolute atomic E-state index is 12.2. The first kappa shape index (κ1) is 20.6. The van der Waals surface area contributed by atoms with Crippen molar-refractivity contribution < 1.29 is 18.1 Å². The van der Waals surface area contributed by atoms with Crippen LogP contribution in [-0.4, -0.2) is 62.8 Å². The quantitative estimate of drug-likeness (QED) is 0.220. The van der Waals surface area contributed by atoms with E-state index in [9.17, 15) is 18.5 Å². The lowest BCUT2D eigenvalue weighted by Crippen LogP contribution is -2.45. The second kappa shape index (κ2) is 9.13. The summed E-state index contributed by atoms with van der Waals surface area (Å²) in [5.74, 6) is 0.0859. The summed E-state index contributed by atoms with van der Waals surface area (Å²) in [5.41, 5.74) is 5.67. The molecule has 0 atom stereocenters. The normalized spacial score (nSPS) is 15.7. The summed E-state index contributed by atoms with van der Waals surface area (Å²) in [6, 6.07) is 4.78. The molecule has 0 saturated carbocycles. The molecule has 1 saturated heterocycles. The van der Waals surface area contributed by atoms with Gasteiger partial charge in [0.2, 0.25) is 0 Å². The molecular formula is C13H19IN4O5S. The third-order valence-corrected chi connectivity index (χ3v) is 5.09. The van der Waals surface area contributed by atoms with Gasteiger partial charge in [0.25, 0.3) is 5.69 Å². The number of nitrogens with two attached hydrogens (primary N) is 1. The van der Waals surface area contributed by atoms with Gasteiger partial charge in [0, 0.05) is 25.2 Å². The Balaban J connectivity index is 0.00000288. The minimum Gasteiger partial charge on any atom is -0.378 e. The summed E-state index contributed by atoms with van der Waals surface area (Å²) in [6.45, 7) is 2.42. The van der Waals surface area contributed by atoms with Crippen molar-refractivity contribution in [1.82, 2.24) is 4.90 Å². The second-order valence-corrected chi connectivity index (χ2v) is 7.02. The molecule has 24 heavy (non-hydrogen) atoms. The average Bonchev–Trinajstić information content (AvgIpc) is 2.55.